The Morgan fingerprint density at radius 3 is 2.61 bits per heavy atom. The highest BCUT2D eigenvalue weighted by Crippen LogP contribution is 2.35. The van der Waals surface area contributed by atoms with E-state index < -0.39 is 11.9 Å². The van der Waals surface area contributed by atoms with Gasteiger partial charge < -0.3 is 9.84 Å². The molecule has 0 fully saturated rings. The Balaban J connectivity index is 2.75. The van der Waals surface area contributed by atoms with Crippen molar-refractivity contribution < 1.29 is 14.6 Å². The van der Waals surface area contributed by atoms with Crippen molar-refractivity contribution in [3.05, 3.63) is 42.0 Å². The van der Waals surface area contributed by atoms with Crippen LogP contribution in [0.4, 0.5) is 0 Å². The van der Waals surface area contributed by atoms with Crippen LogP contribution in [0.15, 0.2) is 36.4 Å². The third-order valence-electron chi connectivity index (χ3n) is 3.21. The van der Waals surface area contributed by atoms with Crippen LogP contribution in [0.5, 0.6) is 5.75 Å². The van der Waals surface area contributed by atoms with Crippen LogP contribution in [-0.4, -0.2) is 18.2 Å². The number of ether oxygens (including phenoxy) is 1. The van der Waals surface area contributed by atoms with Gasteiger partial charge in [0.15, 0.2) is 0 Å². The summed E-state index contributed by atoms with van der Waals surface area (Å²) < 4.78 is 5.32. The van der Waals surface area contributed by atoms with Gasteiger partial charge in [-0.15, -0.1) is 0 Å². The first-order chi connectivity index (χ1) is 8.69. The number of methoxy groups -OCH3 is 1. The van der Waals surface area contributed by atoms with Crippen molar-refractivity contribution in [2.75, 3.05) is 7.11 Å². The maximum absolute atomic E-state index is 11.4. The summed E-state index contributed by atoms with van der Waals surface area (Å²) >= 11 is 0. The van der Waals surface area contributed by atoms with E-state index in [9.17, 15) is 9.90 Å². The minimum Gasteiger partial charge on any atom is -0.496 e. The normalized spacial score (nSPS) is 12.3. The molecule has 2 rings (SSSR count). The molecule has 0 aliphatic rings. The van der Waals surface area contributed by atoms with E-state index in [0.29, 0.717) is 12.2 Å². The van der Waals surface area contributed by atoms with Crippen LogP contribution in [0.1, 0.15) is 24.8 Å². The van der Waals surface area contributed by atoms with Gasteiger partial charge in [0.05, 0.1) is 13.0 Å². The fourth-order valence-corrected chi connectivity index (χ4v) is 2.32. The van der Waals surface area contributed by atoms with Crippen LogP contribution in [-0.2, 0) is 4.79 Å². The summed E-state index contributed by atoms with van der Waals surface area (Å²) in [7, 11) is 1.57. The molecule has 1 N–H and O–H groups in total. The molecular weight excluding hydrogens is 228 g/mol. The minimum atomic E-state index is -0.813. The topological polar surface area (TPSA) is 46.5 Å². The van der Waals surface area contributed by atoms with E-state index in [2.05, 4.69) is 0 Å². The van der Waals surface area contributed by atoms with E-state index in [1.807, 2.05) is 43.3 Å². The number of hydrogen-bond acceptors (Lipinski definition) is 2. The molecule has 0 aromatic heterocycles. The summed E-state index contributed by atoms with van der Waals surface area (Å²) in [4.78, 5) is 11.4. The van der Waals surface area contributed by atoms with Crippen LogP contribution >= 0.6 is 0 Å². The molecule has 1 unspecified atom stereocenters. The SMILES string of the molecule is CCC(C(=O)O)c1c(OC)ccc2ccccc12. The predicted molar refractivity (Wildman–Crippen MR) is 71.2 cm³/mol. The van der Waals surface area contributed by atoms with Crippen molar-refractivity contribution >= 4 is 16.7 Å². The zero-order valence-electron chi connectivity index (χ0n) is 10.5. The quantitative estimate of drug-likeness (QED) is 0.896. The van der Waals surface area contributed by atoms with Crippen molar-refractivity contribution in [2.24, 2.45) is 0 Å². The summed E-state index contributed by atoms with van der Waals surface area (Å²) in [5.41, 5.74) is 0.769. The maximum atomic E-state index is 11.4. The largest absolute Gasteiger partial charge is 0.496 e. The molecule has 3 heteroatoms. The van der Waals surface area contributed by atoms with Crippen molar-refractivity contribution in [3.8, 4) is 5.75 Å². The third kappa shape index (κ3) is 2.04. The van der Waals surface area contributed by atoms with Crippen molar-refractivity contribution in [3.63, 3.8) is 0 Å². The zero-order valence-corrected chi connectivity index (χ0v) is 10.5. The highest BCUT2D eigenvalue weighted by Gasteiger charge is 2.23. The molecule has 0 saturated carbocycles. The molecule has 2 aromatic carbocycles. The molecular formula is C15H16O3. The standard InChI is InChI=1S/C15H16O3/c1-3-11(15(16)17)14-12-7-5-4-6-10(12)8-9-13(14)18-2/h4-9,11H,3H2,1-2H3,(H,16,17). The fraction of sp³-hybridized carbons (Fsp3) is 0.267. The van der Waals surface area contributed by atoms with Crippen LogP contribution in [0.25, 0.3) is 10.8 Å². The van der Waals surface area contributed by atoms with Crippen molar-refractivity contribution in [1.29, 1.82) is 0 Å². The Labute approximate surface area is 106 Å². The molecule has 0 aliphatic carbocycles. The molecule has 0 spiro atoms. The fourth-order valence-electron chi connectivity index (χ4n) is 2.32. The Bertz CT molecular complexity index is 575. The van der Waals surface area contributed by atoms with Gasteiger partial charge in [-0.1, -0.05) is 37.3 Å². The summed E-state index contributed by atoms with van der Waals surface area (Å²) in [6.07, 6.45) is 0.541. The summed E-state index contributed by atoms with van der Waals surface area (Å²) in [5, 5.41) is 11.3. The van der Waals surface area contributed by atoms with E-state index in [1.54, 1.807) is 7.11 Å². The lowest BCUT2D eigenvalue weighted by Gasteiger charge is -2.17. The van der Waals surface area contributed by atoms with Crippen LogP contribution in [0, 0.1) is 0 Å². The van der Waals surface area contributed by atoms with Gasteiger partial charge in [0.1, 0.15) is 5.75 Å². The molecule has 2 aromatic rings. The molecule has 18 heavy (non-hydrogen) atoms. The molecule has 3 nitrogen and oxygen atoms in total. The number of carbonyl (C=O) groups is 1. The highest BCUT2D eigenvalue weighted by atomic mass is 16.5. The third-order valence-corrected chi connectivity index (χ3v) is 3.21. The zero-order chi connectivity index (χ0) is 13.1. The van der Waals surface area contributed by atoms with E-state index in [4.69, 9.17) is 4.74 Å². The number of rotatable bonds is 4. The van der Waals surface area contributed by atoms with Gasteiger partial charge in [0.2, 0.25) is 0 Å². The monoisotopic (exact) mass is 244 g/mol. The lowest BCUT2D eigenvalue weighted by Crippen LogP contribution is -2.12. The summed E-state index contributed by atoms with van der Waals surface area (Å²) in [6.45, 7) is 1.88. The maximum Gasteiger partial charge on any atom is 0.311 e. The molecule has 0 saturated heterocycles. The first-order valence-corrected chi connectivity index (χ1v) is 5.97. The molecule has 0 radical (unpaired) electrons. The molecule has 1 atom stereocenters. The molecule has 0 bridgehead atoms. The second kappa shape index (κ2) is 5.08. The Morgan fingerprint density at radius 2 is 2.00 bits per heavy atom. The molecule has 0 aliphatic heterocycles. The number of hydrogen-bond donors (Lipinski definition) is 1. The van der Waals surface area contributed by atoms with Gasteiger partial charge in [-0.05, 0) is 23.3 Å². The van der Waals surface area contributed by atoms with Gasteiger partial charge in [0, 0.05) is 5.56 Å². The van der Waals surface area contributed by atoms with E-state index >= 15 is 0 Å². The van der Waals surface area contributed by atoms with Crippen LogP contribution in [0.3, 0.4) is 0 Å². The molecule has 0 amide bonds. The Morgan fingerprint density at radius 1 is 1.28 bits per heavy atom. The minimum absolute atomic E-state index is 0.536. The van der Waals surface area contributed by atoms with E-state index in [-0.39, 0.29) is 0 Å². The number of carboxylic acid groups (broad SMARTS) is 1. The van der Waals surface area contributed by atoms with Gasteiger partial charge in [0.25, 0.3) is 0 Å². The lowest BCUT2D eigenvalue weighted by molar-refractivity contribution is -0.138. The van der Waals surface area contributed by atoms with Crippen molar-refractivity contribution in [2.45, 2.75) is 19.3 Å². The average molecular weight is 244 g/mol. The average Bonchev–Trinajstić information content (AvgIpc) is 2.39. The van der Waals surface area contributed by atoms with Gasteiger partial charge in [-0.25, -0.2) is 0 Å². The second-order valence-corrected chi connectivity index (χ2v) is 4.20. The van der Waals surface area contributed by atoms with Gasteiger partial charge in [-0.3, -0.25) is 4.79 Å². The highest BCUT2D eigenvalue weighted by molar-refractivity contribution is 5.92. The number of fused-ring (bicyclic) bond motifs is 1. The first kappa shape index (κ1) is 12.4. The van der Waals surface area contributed by atoms with Crippen LogP contribution in [0.2, 0.25) is 0 Å². The number of benzene rings is 2. The number of aliphatic carboxylic acids is 1. The Hall–Kier alpha value is -2.03. The lowest BCUT2D eigenvalue weighted by atomic mass is 9.90. The predicted octanol–water partition coefficient (Wildman–Crippen LogP) is 3.43. The number of carboxylic acids is 1. The molecule has 0 heterocycles. The van der Waals surface area contributed by atoms with Crippen LogP contribution < -0.4 is 4.74 Å². The second-order valence-electron chi connectivity index (χ2n) is 4.20. The Kier molecular flexibility index (Phi) is 3.51. The summed E-state index contributed by atoms with van der Waals surface area (Å²) in [5.74, 6) is -0.707. The van der Waals surface area contributed by atoms with E-state index in [1.165, 1.54) is 0 Å². The molecule has 94 valence electrons. The van der Waals surface area contributed by atoms with Gasteiger partial charge in [-0.2, -0.15) is 0 Å². The van der Waals surface area contributed by atoms with E-state index in [0.717, 1.165) is 16.3 Å². The smallest absolute Gasteiger partial charge is 0.311 e. The van der Waals surface area contributed by atoms with Gasteiger partial charge >= 0.3 is 5.97 Å². The van der Waals surface area contributed by atoms with Crippen molar-refractivity contribution in [1.82, 2.24) is 0 Å². The first-order valence-electron chi connectivity index (χ1n) is 5.97. The summed E-state index contributed by atoms with van der Waals surface area (Å²) in [6, 6.07) is 11.6.